The van der Waals surface area contributed by atoms with Gasteiger partial charge in [-0.15, -0.1) is 0 Å². The van der Waals surface area contributed by atoms with Crippen LogP contribution in [0.25, 0.3) is 0 Å². The molecule has 1 fully saturated rings. The molecule has 2 rings (SSSR count). The molecule has 0 aromatic heterocycles. The van der Waals surface area contributed by atoms with Gasteiger partial charge in [-0.05, 0) is 44.5 Å². The Morgan fingerprint density at radius 1 is 1.19 bits per heavy atom. The van der Waals surface area contributed by atoms with Crippen LogP contribution in [0.2, 0.25) is 0 Å². The lowest BCUT2D eigenvalue weighted by Gasteiger charge is -2.22. The van der Waals surface area contributed by atoms with Crippen molar-refractivity contribution in [1.29, 1.82) is 0 Å². The quantitative estimate of drug-likeness (QED) is 0.900. The summed E-state index contributed by atoms with van der Waals surface area (Å²) in [6.45, 7) is 2.06. The van der Waals surface area contributed by atoms with Gasteiger partial charge in [-0.1, -0.05) is 33.4 Å². The van der Waals surface area contributed by atoms with E-state index in [1.54, 1.807) is 13.2 Å². The molecule has 1 saturated heterocycles. The topological polar surface area (TPSA) is 50.4 Å². The van der Waals surface area contributed by atoms with Gasteiger partial charge in [-0.3, -0.25) is 4.79 Å². The summed E-state index contributed by atoms with van der Waals surface area (Å²) in [4.78, 5) is 12.3. The molecule has 1 amide bonds. The Labute approximate surface area is 129 Å². The van der Waals surface area contributed by atoms with Gasteiger partial charge in [0, 0.05) is 6.04 Å². The average molecular weight is 294 g/mol. The Morgan fingerprint density at radius 2 is 1.95 bits per heavy atom. The third-order valence-corrected chi connectivity index (χ3v) is 3.51. The first kappa shape index (κ1) is 19.4. The Bertz CT molecular complexity index is 413. The van der Waals surface area contributed by atoms with Gasteiger partial charge >= 0.3 is 0 Å². The molecular formula is C17H30N2O2. The van der Waals surface area contributed by atoms with Crippen molar-refractivity contribution in [1.82, 2.24) is 10.6 Å². The van der Waals surface area contributed by atoms with Crippen LogP contribution in [0.15, 0.2) is 24.3 Å². The number of hydrogen-bond donors (Lipinski definition) is 2. The van der Waals surface area contributed by atoms with Gasteiger partial charge in [-0.2, -0.15) is 0 Å². The summed E-state index contributed by atoms with van der Waals surface area (Å²) < 4.78 is 5.23. The van der Waals surface area contributed by atoms with E-state index in [0.29, 0.717) is 11.3 Å². The van der Waals surface area contributed by atoms with Crippen molar-refractivity contribution in [2.75, 3.05) is 20.2 Å². The second-order valence-corrected chi connectivity index (χ2v) is 4.91. The van der Waals surface area contributed by atoms with Crippen LogP contribution in [0, 0.1) is 0 Å². The standard InChI is InChI=1S/C15H22N2O2.2CH4/c1-19-14-8-3-2-7-13(14)15(18)17-12-6-4-5-10-16-11-9-12;;/h2-3,7-8,12,16H,4-6,9-11H2,1H3,(H,17,18);2*1H4. The molecular weight excluding hydrogens is 264 g/mol. The number of carbonyl (C=O) groups is 1. The van der Waals surface area contributed by atoms with Crippen LogP contribution >= 0.6 is 0 Å². The predicted octanol–water partition coefficient (Wildman–Crippen LogP) is 3.23. The second-order valence-electron chi connectivity index (χ2n) is 4.91. The summed E-state index contributed by atoms with van der Waals surface area (Å²) in [7, 11) is 1.59. The maximum absolute atomic E-state index is 12.3. The summed E-state index contributed by atoms with van der Waals surface area (Å²) in [5, 5.41) is 6.50. The molecule has 1 aromatic rings. The van der Waals surface area contributed by atoms with Crippen molar-refractivity contribution in [3.63, 3.8) is 0 Å². The van der Waals surface area contributed by atoms with Crippen molar-refractivity contribution in [2.45, 2.75) is 46.6 Å². The zero-order valence-corrected chi connectivity index (χ0v) is 11.4. The van der Waals surface area contributed by atoms with Crippen LogP contribution in [0.5, 0.6) is 5.75 Å². The molecule has 21 heavy (non-hydrogen) atoms. The minimum atomic E-state index is -0.0389. The van der Waals surface area contributed by atoms with Crippen molar-refractivity contribution in [3.8, 4) is 5.75 Å². The lowest BCUT2D eigenvalue weighted by Crippen LogP contribution is -2.38. The van der Waals surface area contributed by atoms with Crippen molar-refractivity contribution < 1.29 is 9.53 Å². The number of para-hydroxylation sites is 1. The molecule has 1 atom stereocenters. The molecule has 0 radical (unpaired) electrons. The molecule has 120 valence electrons. The number of carbonyl (C=O) groups excluding carboxylic acids is 1. The van der Waals surface area contributed by atoms with E-state index in [0.717, 1.165) is 32.4 Å². The second kappa shape index (κ2) is 10.2. The van der Waals surface area contributed by atoms with Gasteiger partial charge in [-0.25, -0.2) is 0 Å². The first-order valence-electron chi connectivity index (χ1n) is 6.96. The lowest BCUT2D eigenvalue weighted by atomic mass is 10.0. The number of rotatable bonds is 3. The highest BCUT2D eigenvalue weighted by Crippen LogP contribution is 2.18. The number of hydrogen-bond acceptors (Lipinski definition) is 3. The van der Waals surface area contributed by atoms with E-state index < -0.39 is 0 Å². The van der Waals surface area contributed by atoms with E-state index in [2.05, 4.69) is 10.6 Å². The molecule has 2 N–H and O–H groups in total. The van der Waals surface area contributed by atoms with E-state index in [-0.39, 0.29) is 26.8 Å². The molecule has 0 bridgehead atoms. The minimum absolute atomic E-state index is 0. The Hall–Kier alpha value is -1.55. The largest absolute Gasteiger partial charge is 0.496 e. The highest BCUT2D eigenvalue weighted by Gasteiger charge is 2.17. The van der Waals surface area contributed by atoms with Crippen LogP contribution in [-0.2, 0) is 0 Å². The van der Waals surface area contributed by atoms with E-state index in [1.165, 1.54) is 6.42 Å². The van der Waals surface area contributed by atoms with E-state index in [4.69, 9.17) is 4.74 Å². The van der Waals surface area contributed by atoms with Gasteiger partial charge in [0.25, 0.3) is 5.91 Å². The van der Waals surface area contributed by atoms with Crippen LogP contribution in [-0.4, -0.2) is 32.1 Å². The van der Waals surface area contributed by atoms with E-state index in [1.807, 2.05) is 18.2 Å². The number of amides is 1. The fourth-order valence-electron chi connectivity index (χ4n) is 2.43. The van der Waals surface area contributed by atoms with Crippen LogP contribution in [0.4, 0.5) is 0 Å². The summed E-state index contributed by atoms with van der Waals surface area (Å²) in [5.74, 6) is 0.590. The molecule has 0 aliphatic carbocycles. The van der Waals surface area contributed by atoms with Gasteiger partial charge in [0.05, 0.1) is 12.7 Å². The number of ether oxygens (including phenoxy) is 1. The van der Waals surface area contributed by atoms with Crippen molar-refractivity contribution in [3.05, 3.63) is 29.8 Å². The maximum Gasteiger partial charge on any atom is 0.255 e. The molecule has 1 heterocycles. The summed E-state index contributed by atoms with van der Waals surface area (Å²) in [6.07, 6.45) is 4.38. The normalized spacial score (nSPS) is 18.2. The van der Waals surface area contributed by atoms with Crippen LogP contribution in [0.3, 0.4) is 0 Å². The fraction of sp³-hybridized carbons (Fsp3) is 0.588. The number of benzene rings is 1. The summed E-state index contributed by atoms with van der Waals surface area (Å²) in [6, 6.07) is 7.60. The van der Waals surface area contributed by atoms with E-state index in [9.17, 15) is 4.79 Å². The van der Waals surface area contributed by atoms with Gasteiger partial charge in [0.1, 0.15) is 5.75 Å². The molecule has 0 saturated carbocycles. The van der Waals surface area contributed by atoms with Crippen LogP contribution < -0.4 is 15.4 Å². The highest BCUT2D eigenvalue weighted by molar-refractivity contribution is 5.97. The first-order valence-corrected chi connectivity index (χ1v) is 6.96. The molecule has 0 spiro atoms. The molecule has 1 aliphatic heterocycles. The average Bonchev–Trinajstić information content (AvgIpc) is 2.41. The monoisotopic (exact) mass is 294 g/mol. The summed E-state index contributed by atoms with van der Waals surface area (Å²) in [5.41, 5.74) is 0.611. The van der Waals surface area contributed by atoms with Crippen molar-refractivity contribution >= 4 is 5.91 Å². The van der Waals surface area contributed by atoms with Crippen LogP contribution in [0.1, 0.15) is 50.9 Å². The zero-order valence-electron chi connectivity index (χ0n) is 11.4. The highest BCUT2D eigenvalue weighted by atomic mass is 16.5. The Kier molecular flexibility index (Phi) is 9.46. The lowest BCUT2D eigenvalue weighted by molar-refractivity contribution is 0.0928. The van der Waals surface area contributed by atoms with Crippen molar-refractivity contribution in [2.24, 2.45) is 0 Å². The molecule has 4 nitrogen and oxygen atoms in total. The maximum atomic E-state index is 12.3. The Morgan fingerprint density at radius 3 is 2.71 bits per heavy atom. The summed E-state index contributed by atoms with van der Waals surface area (Å²) >= 11 is 0. The molecule has 4 heteroatoms. The zero-order chi connectivity index (χ0) is 13.5. The van der Waals surface area contributed by atoms with Gasteiger partial charge in [0.2, 0.25) is 0 Å². The molecule has 1 aliphatic rings. The van der Waals surface area contributed by atoms with E-state index >= 15 is 0 Å². The fourth-order valence-corrected chi connectivity index (χ4v) is 2.43. The first-order chi connectivity index (χ1) is 9.31. The number of methoxy groups -OCH3 is 1. The van der Waals surface area contributed by atoms with Gasteiger partial charge in [0.15, 0.2) is 0 Å². The predicted molar refractivity (Wildman–Crippen MR) is 89.0 cm³/mol. The Balaban J connectivity index is 0.00000200. The van der Waals surface area contributed by atoms with Gasteiger partial charge < -0.3 is 15.4 Å². The third-order valence-electron chi connectivity index (χ3n) is 3.51. The smallest absolute Gasteiger partial charge is 0.255 e. The number of nitrogens with one attached hydrogen (secondary N) is 2. The molecule has 1 aromatic carbocycles. The SMILES string of the molecule is C.C.COc1ccccc1C(=O)NC1CCCCNCC1. The third kappa shape index (κ3) is 5.76. The molecule has 1 unspecified atom stereocenters. The minimum Gasteiger partial charge on any atom is -0.496 e.